The van der Waals surface area contributed by atoms with E-state index in [0.29, 0.717) is 24.4 Å². The number of amides is 1. The van der Waals surface area contributed by atoms with E-state index in [1.807, 2.05) is 66.7 Å². The fraction of sp³-hybridized carbons (Fsp3) is 0.0909. The van der Waals surface area contributed by atoms with Crippen molar-refractivity contribution in [2.24, 2.45) is 0 Å². The molecule has 0 aliphatic heterocycles. The molecule has 2 heterocycles. The molecule has 0 atom stereocenters. The van der Waals surface area contributed by atoms with Crippen LogP contribution in [0.4, 0.5) is 0 Å². The minimum atomic E-state index is -0.266. The van der Waals surface area contributed by atoms with E-state index in [1.54, 1.807) is 6.20 Å². The summed E-state index contributed by atoms with van der Waals surface area (Å²) in [5, 5.41) is 2.87. The van der Waals surface area contributed by atoms with Crippen molar-refractivity contribution in [3.63, 3.8) is 0 Å². The van der Waals surface area contributed by atoms with Crippen LogP contribution in [-0.4, -0.2) is 20.9 Å². The molecule has 2 aromatic heterocycles. The van der Waals surface area contributed by atoms with Gasteiger partial charge in [0.15, 0.2) is 0 Å². The number of aromatic nitrogens is 3. The third-order valence-corrected chi connectivity index (χ3v) is 4.15. The molecular formula is C22H18N4O2. The van der Waals surface area contributed by atoms with Gasteiger partial charge in [0.2, 0.25) is 0 Å². The maximum atomic E-state index is 12.4. The number of rotatable bonds is 6. The van der Waals surface area contributed by atoms with Crippen molar-refractivity contribution in [1.82, 2.24) is 20.3 Å². The number of carbonyl (C=O) groups is 1. The molecule has 0 radical (unpaired) electrons. The molecule has 0 fully saturated rings. The molecule has 0 spiro atoms. The number of ether oxygens (including phenoxy) is 1. The van der Waals surface area contributed by atoms with Crippen LogP contribution in [0.3, 0.4) is 0 Å². The van der Waals surface area contributed by atoms with Crippen molar-refractivity contribution >= 4 is 16.9 Å². The highest BCUT2D eigenvalue weighted by molar-refractivity contribution is 5.93. The zero-order valence-corrected chi connectivity index (χ0v) is 15.1. The first-order valence-electron chi connectivity index (χ1n) is 8.89. The summed E-state index contributed by atoms with van der Waals surface area (Å²) >= 11 is 0. The van der Waals surface area contributed by atoms with Crippen LogP contribution in [-0.2, 0) is 13.2 Å². The van der Waals surface area contributed by atoms with Crippen molar-refractivity contribution in [2.45, 2.75) is 13.2 Å². The summed E-state index contributed by atoms with van der Waals surface area (Å²) in [4.78, 5) is 25.3. The van der Waals surface area contributed by atoms with Crippen LogP contribution in [0.2, 0.25) is 0 Å². The maximum absolute atomic E-state index is 12.4. The highest BCUT2D eigenvalue weighted by Crippen LogP contribution is 2.15. The molecule has 0 aliphatic rings. The van der Waals surface area contributed by atoms with Gasteiger partial charge in [-0.3, -0.25) is 14.8 Å². The Labute approximate surface area is 162 Å². The molecule has 1 amide bonds. The van der Waals surface area contributed by atoms with Crippen LogP contribution in [0.5, 0.6) is 5.75 Å². The van der Waals surface area contributed by atoms with Gasteiger partial charge >= 0.3 is 0 Å². The molecule has 28 heavy (non-hydrogen) atoms. The molecule has 0 bridgehead atoms. The summed E-state index contributed by atoms with van der Waals surface area (Å²) < 4.78 is 5.77. The predicted octanol–water partition coefficient (Wildman–Crippen LogP) is 3.53. The second kappa shape index (κ2) is 8.26. The van der Waals surface area contributed by atoms with Crippen LogP contribution in [0.1, 0.15) is 21.7 Å². The number of nitrogens with one attached hydrogen (secondary N) is 1. The Kier molecular flexibility index (Phi) is 5.20. The summed E-state index contributed by atoms with van der Waals surface area (Å²) in [6.45, 7) is 0.761. The standard InChI is InChI=1S/C22H18N4O2/c27-22(21-14-24-19-9-1-2-10-20(19)26-21)25-13-16-6-5-8-18(12-16)28-15-17-7-3-4-11-23-17/h1-12,14H,13,15H2,(H,25,27). The van der Waals surface area contributed by atoms with Gasteiger partial charge in [-0.25, -0.2) is 4.98 Å². The highest BCUT2D eigenvalue weighted by atomic mass is 16.5. The van der Waals surface area contributed by atoms with Crippen LogP contribution in [0.25, 0.3) is 11.0 Å². The van der Waals surface area contributed by atoms with Crippen LogP contribution in [0, 0.1) is 0 Å². The van der Waals surface area contributed by atoms with E-state index in [9.17, 15) is 4.79 Å². The van der Waals surface area contributed by atoms with E-state index < -0.39 is 0 Å². The number of fused-ring (bicyclic) bond motifs is 1. The Bertz CT molecular complexity index is 1100. The Morgan fingerprint density at radius 2 is 1.79 bits per heavy atom. The lowest BCUT2D eigenvalue weighted by Gasteiger charge is -2.09. The number of benzene rings is 2. The molecule has 2 aromatic carbocycles. The largest absolute Gasteiger partial charge is 0.487 e. The van der Waals surface area contributed by atoms with Crippen molar-refractivity contribution in [3.8, 4) is 5.75 Å². The van der Waals surface area contributed by atoms with Crippen LogP contribution < -0.4 is 10.1 Å². The lowest BCUT2D eigenvalue weighted by atomic mass is 10.2. The molecular weight excluding hydrogens is 352 g/mol. The average molecular weight is 370 g/mol. The van der Waals surface area contributed by atoms with Gasteiger partial charge in [-0.1, -0.05) is 30.3 Å². The SMILES string of the molecule is O=C(NCc1cccc(OCc2ccccn2)c1)c1cnc2ccccc2n1. The number of hydrogen-bond acceptors (Lipinski definition) is 5. The second-order valence-electron chi connectivity index (χ2n) is 6.18. The molecule has 1 N–H and O–H groups in total. The first kappa shape index (κ1) is 17.6. The van der Waals surface area contributed by atoms with E-state index >= 15 is 0 Å². The van der Waals surface area contributed by atoms with E-state index in [0.717, 1.165) is 22.5 Å². The van der Waals surface area contributed by atoms with Crippen LogP contribution in [0.15, 0.2) is 79.1 Å². The summed E-state index contributed by atoms with van der Waals surface area (Å²) in [5.74, 6) is 0.459. The summed E-state index contributed by atoms with van der Waals surface area (Å²) in [7, 11) is 0. The second-order valence-corrected chi connectivity index (χ2v) is 6.18. The molecule has 6 heteroatoms. The zero-order chi connectivity index (χ0) is 19.2. The molecule has 0 unspecified atom stereocenters. The van der Waals surface area contributed by atoms with Crippen molar-refractivity contribution in [1.29, 1.82) is 0 Å². The van der Waals surface area contributed by atoms with E-state index in [4.69, 9.17) is 4.74 Å². The number of para-hydroxylation sites is 2. The van der Waals surface area contributed by atoms with E-state index in [1.165, 1.54) is 6.20 Å². The van der Waals surface area contributed by atoms with Gasteiger partial charge in [0.05, 0.1) is 22.9 Å². The number of hydrogen-bond donors (Lipinski definition) is 1. The zero-order valence-electron chi connectivity index (χ0n) is 15.1. The Hall–Kier alpha value is -3.80. The molecule has 138 valence electrons. The summed E-state index contributed by atoms with van der Waals surface area (Å²) in [5.41, 5.74) is 3.54. The normalized spacial score (nSPS) is 10.6. The minimum absolute atomic E-state index is 0.266. The summed E-state index contributed by atoms with van der Waals surface area (Å²) in [6.07, 6.45) is 3.23. The van der Waals surface area contributed by atoms with Gasteiger partial charge < -0.3 is 10.1 Å². The molecule has 4 aromatic rings. The Morgan fingerprint density at radius 1 is 0.929 bits per heavy atom. The predicted molar refractivity (Wildman–Crippen MR) is 106 cm³/mol. The fourth-order valence-corrected chi connectivity index (χ4v) is 2.73. The van der Waals surface area contributed by atoms with Gasteiger partial charge in [0.1, 0.15) is 18.1 Å². The molecule has 4 rings (SSSR count). The summed E-state index contributed by atoms with van der Waals surface area (Å²) in [6, 6.07) is 20.8. The van der Waals surface area contributed by atoms with Gasteiger partial charge in [0, 0.05) is 12.7 Å². The van der Waals surface area contributed by atoms with Crippen molar-refractivity contribution in [3.05, 3.63) is 96.1 Å². The van der Waals surface area contributed by atoms with E-state index in [-0.39, 0.29) is 5.91 Å². The third-order valence-electron chi connectivity index (χ3n) is 4.15. The maximum Gasteiger partial charge on any atom is 0.271 e. The van der Waals surface area contributed by atoms with E-state index in [2.05, 4.69) is 20.3 Å². The quantitative estimate of drug-likeness (QED) is 0.562. The molecule has 0 saturated heterocycles. The fourth-order valence-electron chi connectivity index (χ4n) is 2.73. The smallest absolute Gasteiger partial charge is 0.271 e. The Balaban J connectivity index is 1.38. The average Bonchev–Trinajstić information content (AvgIpc) is 2.77. The topological polar surface area (TPSA) is 77.0 Å². The third kappa shape index (κ3) is 4.29. The van der Waals surface area contributed by atoms with Gasteiger partial charge in [-0.15, -0.1) is 0 Å². The lowest BCUT2D eigenvalue weighted by Crippen LogP contribution is -2.24. The first-order chi connectivity index (χ1) is 13.8. The molecule has 0 saturated carbocycles. The van der Waals surface area contributed by atoms with Gasteiger partial charge in [-0.2, -0.15) is 0 Å². The number of nitrogens with zero attached hydrogens (tertiary/aromatic N) is 3. The van der Waals surface area contributed by atoms with Crippen LogP contribution >= 0.6 is 0 Å². The first-order valence-corrected chi connectivity index (χ1v) is 8.89. The highest BCUT2D eigenvalue weighted by Gasteiger charge is 2.09. The van der Waals surface area contributed by atoms with Crippen molar-refractivity contribution in [2.75, 3.05) is 0 Å². The van der Waals surface area contributed by atoms with Crippen molar-refractivity contribution < 1.29 is 9.53 Å². The molecule has 6 nitrogen and oxygen atoms in total. The minimum Gasteiger partial charge on any atom is -0.487 e. The number of pyridine rings is 1. The van der Waals surface area contributed by atoms with Gasteiger partial charge in [0.25, 0.3) is 5.91 Å². The van der Waals surface area contributed by atoms with Gasteiger partial charge in [-0.05, 0) is 42.0 Å². The molecule has 0 aliphatic carbocycles. The number of carbonyl (C=O) groups excluding carboxylic acids is 1. The monoisotopic (exact) mass is 370 g/mol. The Morgan fingerprint density at radius 3 is 2.64 bits per heavy atom. The lowest BCUT2D eigenvalue weighted by molar-refractivity contribution is 0.0946.